The minimum atomic E-state index is -0.339. The van der Waals surface area contributed by atoms with E-state index in [0.717, 1.165) is 24.8 Å². The molecule has 6 heteroatoms. The van der Waals surface area contributed by atoms with Crippen molar-refractivity contribution in [1.29, 1.82) is 0 Å². The number of amides is 2. The maximum absolute atomic E-state index is 12.8. The van der Waals surface area contributed by atoms with Crippen molar-refractivity contribution in [3.05, 3.63) is 88.8 Å². The number of benzene rings is 2. The summed E-state index contributed by atoms with van der Waals surface area (Å²) in [6.45, 7) is 0. The average molecular weight is 395 g/mol. The lowest BCUT2D eigenvalue weighted by molar-refractivity contribution is 0.0823. The van der Waals surface area contributed by atoms with Crippen LogP contribution in [0.5, 0.6) is 0 Å². The first-order valence-electron chi connectivity index (χ1n) is 9.09. The number of halogens is 1. The lowest BCUT2D eigenvalue weighted by Gasteiger charge is -2.43. The smallest absolute Gasteiger partial charge is 0.291 e. The molecule has 2 aromatic carbocycles. The van der Waals surface area contributed by atoms with Crippen LogP contribution < -0.4 is 10.6 Å². The monoisotopic (exact) mass is 394 g/mol. The molecule has 2 N–H and O–H groups in total. The van der Waals surface area contributed by atoms with Gasteiger partial charge in [-0.05, 0) is 73.4 Å². The Labute approximate surface area is 167 Å². The van der Waals surface area contributed by atoms with Crippen LogP contribution in [0, 0.1) is 0 Å². The zero-order chi connectivity index (χ0) is 19.6. The van der Waals surface area contributed by atoms with E-state index in [0.29, 0.717) is 16.3 Å². The predicted octanol–water partition coefficient (Wildman–Crippen LogP) is 4.99. The van der Waals surface area contributed by atoms with Crippen molar-refractivity contribution >= 4 is 29.1 Å². The van der Waals surface area contributed by atoms with E-state index in [1.165, 1.54) is 6.26 Å². The molecule has 0 radical (unpaired) electrons. The van der Waals surface area contributed by atoms with Gasteiger partial charge < -0.3 is 15.1 Å². The van der Waals surface area contributed by atoms with Gasteiger partial charge in [-0.25, -0.2) is 0 Å². The maximum Gasteiger partial charge on any atom is 0.291 e. The van der Waals surface area contributed by atoms with Crippen LogP contribution in [-0.2, 0) is 5.54 Å². The van der Waals surface area contributed by atoms with Crippen molar-refractivity contribution in [2.45, 2.75) is 24.8 Å². The fraction of sp³-hybridized carbons (Fsp3) is 0.182. The van der Waals surface area contributed by atoms with Crippen LogP contribution in [0.4, 0.5) is 5.69 Å². The van der Waals surface area contributed by atoms with Gasteiger partial charge in [-0.2, -0.15) is 0 Å². The highest BCUT2D eigenvalue weighted by Gasteiger charge is 2.40. The molecule has 1 aromatic heterocycles. The van der Waals surface area contributed by atoms with Crippen LogP contribution in [0.15, 0.2) is 71.3 Å². The summed E-state index contributed by atoms with van der Waals surface area (Å²) in [6, 6.07) is 17.7. The first kappa shape index (κ1) is 18.3. The summed E-state index contributed by atoms with van der Waals surface area (Å²) in [5.74, 6) is -0.242. The zero-order valence-corrected chi connectivity index (χ0v) is 15.8. The number of furan rings is 1. The number of carbonyl (C=O) groups excluding carboxylic acids is 2. The highest BCUT2D eigenvalue weighted by molar-refractivity contribution is 6.30. The van der Waals surface area contributed by atoms with Gasteiger partial charge in [0.15, 0.2) is 5.76 Å². The Morgan fingerprint density at radius 1 is 0.929 bits per heavy atom. The van der Waals surface area contributed by atoms with E-state index in [4.69, 9.17) is 16.0 Å². The highest BCUT2D eigenvalue weighted by atomic mass is 35.5. The molecular weight excluding hydrogens is 376 g/mol. The van der Waals surface area contributed by atoms with Crippen LogP contribution >= 0.6 is 11.6 Å². The molecule has 5 nitrogen and oxygen atoms in total. The Morgan fingerprint density at radius 3 is 2.21 bits per heavy atom. The summed E-state index contributed by atoms with van der Waals surface area (Å²) < 4.78 is 5.07. The number of hydrogen-bond donors (Lipinski definition) is 2. The van der Waals surface area contributed by atoms with Gasteiger partial charge in [0.25, 0.3) is 11.8 Å². The highest BCUT2D eigenvalue weighted by Crippen LogP contribution is 2.41. The number of anilines is 1. The van der Waals surface area contributed by atoms with Gasteiger partial charge in [-0.3, -0.25) is 9.59 Å². The molecule has 0 bridgehead atoms. The normalized spacial score (nSPS) is 14.8. The third kappa shape index (κ3) is 3.66. The van der Waals surface area contributed by atoms with Crippen molar-refractivity contribution in [3.8, 4) is 0 Å². The lowest BCUT2D eigenvalue weighted by Crippen LogP contribution is -2.50. The first-order valence-corrected chi connectivity index (χ1v) is 9.47. The standard InChI is InChI=1S/C22H19ClN2O3/c23-17-8-6-16(7-9-17)22(12-2-13-22)25-20(26)15-4-10-18(11-5-15)24-21(27)19-3-1-14-28-19/h1,3-11,14H,2,12-13H2,(H,24,27)(H,25,26). The Kier molecular flexibility index (Phi) is 4.92. The summed E-state index contributed by atoms with van der Waals surface area (Å²) in [5.41, 5.74) is 1.86. The second-order valence-corrected chi connectivity index (χ2v) is 7.34. The molecule has 4 rings (SSSR count). The maximum atomic E-state index is 12.8. The topological polar surface area (TPSA) is 71.3 Å². The summed E-state index contributed by atoms with van der Waals surface area (Å²) in [7, 11) is 0. The lowest BCUT2D eigenvalue weighted by atomic mass is 9.71. The third-order valence-electron chi connectivity index (χ3n) is 5.11. The van der Waals surface area contributed by atoms with Gasteiger partial charge in [-0.15, -0.1) is 0 Å². The number of hydrogen-bond acceptors (Lipinski definition) is 3. The molecular formula is C22H19ClN2O3. The van der Waals surface area contributed by atoms with E-state index in [1.807, 2.05) is 24.3 Å². The Balaban J connectivity index is 1.44. The van der Waals surface area contributed by atoms with Crippen molar-refractivity contribution in [1.82, 2.24) is 5.32 Å². The van der Waals surface area contributed by atoms with Gasteiger partial charge in [0.2, 0.25) is 0 Å². The SMILES string of the molecule is O=C(NC1(c2ccc(Cl)cc2)CCC1)c1ccc(NC(=O)c2ccco2)cc1. The molecule has 2 amide bonds. The second-order valence-electron chi connectivity index (χ2n) is 6.91. The van der Waals surface area contributed by atoms with Crippen LogP contribution in [0.25, 0.3) is 0 Å². The van der Waals surface area contributed by atoms with E-state index >= 15 is 0 Å². The molecule has 0 spiro atoms. The Hall–Kier alpha value is -3.05. The molecule has 1 fully saturated rings. The van der Waals surface area contributed by atoms with Crippen molar-refractivity contribution in [3.63, 3.8) is 0 Å². The van der Waals surface area contributed by atoms with Crippen molar-refractivity contribution in [2.75, 3.05) is 5.32 Å². The molecule has 0 saturated heterocycles. The molecule has 3 aromatic rings. The molecule has 1 saturated carbocycles. The van der Waals surface area contributed by atoms with Crippen LogP contribution in [0.1, 0.15) is 45.7 Å². The molecule has 0 unspecified atom stereocenters. The zero-order valence-electron chi connectivity index (χ0n) is 15.1. The predicted molar refractivity (Wildman–Crippen MR) is 108 cm³/mol. The second kappa shape index (κ2) is 7.52. The van der Waals surface area contributed by atoms with Gasteiger partial charge in [0, 0.05) is 16.3 Å². The van der Waals surface area contributed by atoms with E-state index < -0.39 is 0 Å². The minimum absolute atomic E-state index is 0.140. The summed E-state index contributed by atoms with van der Waals surface area (Å²) in [4.78, 5) is 24.8. The van der Waals surface area contributed by atoms with Crippen molar-refractivity contribution in [2.24, 2.45) is 0 Å². The molecule has 142 valence electrons. The first-order chi connectivity index (χ1) is 13.6. The number of rotatable bonds is 5. The van der Waals surface area contributed by atoms with E-state index in [-0.39, 0.29) is 23.1 Å². The largest absolute Gasteiger partial charge is 0.459 e. The molecule has 28 heavy (non-hydrogen) atoms. The third-order valence-corrected chi connectivity index (χ3v) is 5.36. The Morgan fingerprint density at radius 2 is 1.64 bits per heavy atom. The van der Waals surface area contributed by atoms with Gasteiger partial charge in [-0.1, -0.05) is 23.7 Å². The van der Waals surface area contributed by atoms with E-state index in [9.17, 15) is 9.59 Å². The Bertz CT molecular complexity index is 976. The minimum Gasteiger partial charge on any atom is -0.459 e. The summed E-state index contributed by atoms with van der Waals surface area (Å²) >= 11 is 5.98. The van der Waals surface area contributed by atoms with Crippen LogP contribution in [-0.4, -0.2) is 11.8 Å². The summed E-state index contributed by atoms with van der Waals surface area (Å²) in [6.07, 6.45) is 4.31. The van der Waals surface area contributed by atoms with Crippen LogP contribution in [0.3, 0.4) is 0 Å². The fourth-order valence-electron chi connectivity index (χ4n) is 3.38. The number of carbonyl (C=O) groups is 2. The van der Waals surface area contributed by atoms with Crippen molar-refractivity contribution < 1.29 is 14.0 Å². The van der Waals surface area contributed by atoms with Crippen LogP contribution in [0.2, 0.25) is 5.02 Å². The number of nitrogens with one attached hydrogen (secondary N) is 2. The average Bonchev–Trinajstić information content (AvgIpc) is 3.21. The molecule has 1 aliphatic carbocycles. The van der Waals surface area contributed by atoms with E-state index in [1.54, 1.807) is 36.4 Å². The fourth-order valence-corrected chi connectivity index (χ4v) is 3.51. The van der Waals surface area contributed by atoms with Gasteiger partial charge in [0.05, 0.1) is 11.8 Å². The molecule has 0 aliphatic heterocycles. The molecule has 1 aliphatic rings. The summed E-state index contributed by atoms with van der Waals surface area (Å²) in [5, 5.41) is 6.59. The molecule has 0 atom stereocenters. The molecule has 1 heterocycles. The van der Waals surface area contributed by atoms with Gasteiger partial charge in [0.1, 0.15) is 0 Å². The quantitative estimate of drug-likeness (QED) is 0.640. The van der Waals surface area contributed by atoms with E-state index in [2.05, 4.69) is 10.6 Å². The van der Waals surface area contributed by atoms with Gasteiger partial charge >= 0.3 is 0 Å².